The predicted molar refractivity (Wildman–Crippen MR) is 43.0 cm³/mol. The summed E-state index contributed by atoms with van der Waals surface area (Å²) in [6.07, 6.45) is 2.74. The normalized spacial score (nSPS) is 10.8. The van der Waals surface area contributed by atoms with Gasteiger partial charge in [-0.25, -0.2) is 0 Å². The Labute approximate surface area is 68.0 Å². The standard InChI is InChI=1S/C7H16N.Li/c1-4-6-7-8(3)5-2;/h1,4-7H2,2-3H3;. The zero-order chi connectivity index (χ0) is 7.11. The van der Waals surface area contributed by atoms with Crippen LogP contribution in [0, 0.1) is 0 Å². The monoisotopic (exact) mass is 121 g/mol. The summed E-state index contributed by atoms with van der Waals surface area (Å²) >= 11 is 2.24. The first-order valence-electron chi connectivity index (χ1n) is 3.99. The van der Waals surface area contributed by atoms with E-state index in [-0.39, 0.29) is 0 Å². The molecule has 0 aliphatic heterocycles. The molecule has 0 rings (SSSR count). The molecule has 0 aliphatic rings. The van der Waals surface area contributed by atoms with Gasteiger partial charge in [0.05, 0.1) is 0 Å². The van der Waals surface area contributed by atoms with Crippen molar-refractivity contribution in [2.75, 3.05) is 20.1 Å². The van der Waals surface area contributed by atoms with Gasteiger partial charge in [0.1, 0.15) is 0 Å². The third-order valence-corrected chi connectivity index (χ3v) is 1.68. The Morgan fingerprint density at radius 3 is 2.44 bits per heavy atom. The summed E-state index contributed by atoms with van der Waals surface area (Å²) in [6, 6.07) is 0. The molecular weight excluding hydrogens is 105 g/mol. The molecule has 2 heteroatoms. The van der Waals surface area contributed by atoms with E-state index in [1.807, 2.05) is 0 Å². The summed E-state index contributed by atoms with van der Waals surface area (Å²) in [6.45, 7) is 4.65. The molecule has 0 fully saturated rings. The Hall–Kier alpha value is 0.557. The van der Waals surface area contributed by atoms with Crippen molar-refractivity contribution < 1.29 is 0 Å². The van der Waals surface area contributed by atoms with Gasteiger partial charge in [-0.3, -0.25) is 0 Å². The van der Waals surface area contributed by atoms with E-state index in [0.29, 0.717) is 0 Å². The van der Waals surface area contributed by atoms with E-state index < -0.39 is 0 Å². The van der Waals surface area contributed by atoms with Crippen LogP contribution in [-0.2, 0) is 0 Å². The molecule has 9 heavy (non-hydrogen) atoms. The fraction of sp³-hybridized carbons (Fsp3) is 1.00. The van der Waals surface area contributed by atoms with Gasteiger partial charge in [0, 0.05) is 0 Å². The molecule has 0 saturated heterocycles. The molecule has 0 spiro atoms. The Bertz CT molecular complexity index is 56.9. The number of unbranched alkanes of at least 4 members (excludes halogenated alkanes) is 1. The number of nitrogens with zero attached hydrogens (tertiary/aromatic N) is 1. The van der Waals surface area contributed by atoms with Gasteiger partial charge in [0.25, 0.3) is 0 Å². The summed E-state index contributed by atoms with van der Waals surface area (Å²) in [5.74, 6) is 0. The van der Waals surface area contributed by atoms with Crippen molar-refractivity contribution in [2.24, 2.45) is 0 Å². The maximum atomic E-state index is 2.36. The Morgan fingerprint density at radius 2 is 2.00 bits per heavy atom. The van der Waals surface area contributed by atoms with E-state index in [1.165, 1.54) is 31.0 Å². The van der Waals surface area contributed by atoms with Crippen LogP contribution >= 0.6 is 0 Å². The van der Waals surface area contributed by atoms with E-state index >= 15 is 0 Å². The number of hydrogen-bond acceptors (Lipinski definition) is 1. The van der Waals surface area contributed by atoms with Crippen LogP contribution < -0.4 is 0 Å². The Balaban J connectivity index is 2.88. The maximum absolute atomic E-state index is 2.36. The first-order chi connectivity index (χ1) is 4.31. The van der Waals surface area contributed by atoms with Gasteiger partial charge >= 0.3 is 67.6 Å². The second-order valence-corrected chi connectivity index (χ2v) is 2.60. The average molecular weight is 121 g/mol. The van der Waals surface area contributed by atoms with Crippen molar-refractivity contribution in [3.8, 4) is 0 Å². The summed E-state index contributed by atoms with van der Waals surface area (Å²) in [5, 5.41) is 1.33. The molecule has 0 aromatic carbocycles. The van der Waals surface area contributed by atoms with Crippen LogP contribution in [0.3, 0.4) is 0 Å². The molecule has 0 unspecified atom stereocenters. The molecule has 0 heterocycles. The molecule has 0 bridgehead atoms. The number of rotatable bonds is 5. The molecule has 1 nitrogen and oxygen atoms in total. The Kier molecular flexibility index (Phi) is 7.09. The zero-order valence-electron chi connectivity index (χ0n) is 6.98. The van der Waals surface area contributed by atoms with Crippen LogP contribution in [0.4, 0.5) is 0 Å². The van der Waals surface area contributed by atoms with Crippen LogP contribution in [0.2, 0.25) is 5.09 Å². The van der Waals surface area contributed by atoms with E-state index in [0.717, 1.165) is 0 Å². The summed E-state index contributed by atoms with van der Waals surface area (Å²) in [4.78, 5) is 2.36. The van der Waals surface area contributed by atoms with Crippen molar-refractivity contribution in [3.63, 3.8) is 0 Å². The molecule has 0 aromatic heterocycles. The van der Waals surface area contributed by atoms with Crippen LogP contribution in [0.5, 0.6) is 0 Å². The molecule has 0 saturated carbocycles. The molecule has 0 amide bonds. The molecule has 0 N–H and O–H groups in total. The van der Waals surface area contributed by atoms with Crippen LogP contribution in [0.1, 0.15) is 19.8 Å². The third-order valence-electron chi connectivity index (χ3n) is 1.68. The van der Waals surface area contributed by atoms with Gasteiger partial charge in [-0.15, -0.1) is 0 Å². The minimum absolute atomic E-state index is 1.18. The minimum atomic E-state index is 1.18. The summed E-state index contributed by atoms with van der Waals surface area (Å²) in [7, 11) is 2.18. The first kappa shape index (κ1) is 9.56. The van der Waals surface area contributed by atoms with Gasteiger partial charge in [-0.1, -0.05) is 0 Å². The second-order valence-electron chi connectivity index (χ2n) is 2.60. The molecule has 0 radical (unpaired) electrons. The van der Waals surface area contributed by atoms with E-state index in [2.05, 4.69) is 36.6 Å². The molecule has 50 valence electrons. The molecule has 0 atom stereocenters. The molecular formula is C7H16LiN. The SMILES string of the molecule is [Li][CH2]CCCN(C)CC. The average Bonchev–Trinajstić information content (AvgIpc) is 1.89. The third kappa shape index (κ3) is 6.44. The molecule has 0 aromatic rings. The van der Waals surface area contributed by atoms with Crippen molar-refractivity contribution >= 4 is 17.7 Å². The van der Waals surface area contributed by atoms with Crippen molar-refractivity contribution in [2.45, 2.75) is 24.9 Å². The fourth-order valence-corrected chi connectivity index (χ4v) is 0.790. The van der Waals surface area contributed by atoms with Gasteiger partial charge in [0.15, 0.2) is 0 Å². The topological polar surface area (TPSA) is 3.24 Å². The summed E-state index contributed by atoms with van der Waals surface area (Å²) in [5.41, 5.74) is 0. The van der Waals surface area contributed by atoms with Crippen LogP contribution in [0.15, 0.2) is 0 Å². The number of hydrogen-bond donors (Lipinski definition) is 0. The summed E-state index contributed by atoms with van der Waals surface area (Å²) < 4.78 is 0. The zero-order valence-corrected chi connectivity index (χ0v) is 6.98. The van der Waals surface area contributed by atoms with Gasteiger partial charge in [-0.05, 0) is 0 Å². The van der Waals surface area contributed by atoms with Gasteiger partial charge in [-0.2, -0.15) is 0 Å². The van der Waals surface area contributed by atoms with Crippen LogP contribution in [0.25, 0.3) is 0 Å². The van der Waals surface area contributed by atoms with E-state index in [9.17, 15) is 0 Å². The van der Waals surface area contributed by atoms with E-state index in [1.54, 1.807) is 0 Å². The first-order valence-corrected chi connectivity index (χ1v) is 3.99. The van der Waals surface area contributed by atoms with Crippen LogP contribution in [-0.4, -0.2) is 42.8 Å². The second kappa shape index (κ2) is 6.67. The predicted octanol–water partition coefficient (Wildman–Crippen LogP) is 1.31. The van der Waals surface area contributed by atoms with Gasteiger partial charge in [0.2, 0.25) is 0 Å². The quantitative estimate of drug-likeness (QED) is 0.391. The van der Waals surface area contributed by atoms with Crippen molar-refractivity contribution in [1.82, 2.24) is 4.90 Å². The van der Waals surface area contributed by atoms with E-state index in [4.69, 9.17) is 0 Å². The molecule has 0 aliphatic carbocycles. The van der Waals surface area contributed by atoms with Crippen molar-refractivity contribution in [3.05, 3.63) is 0 Å². The van der Waals surface area contributed by atoms with Gasteiger partial charge < -0.3 is 0 Å². The fourth-order valence-electron chi connectivity index (χ4n) is 0.790. The Morgan fingerprint density at radius 1 is 1.33 bits per heavy atom. The van der Waals surface area contributed by atoms with Crippen molar-refractivity contribution in [1.29, 1.82) is 0 Å².